The molecule has 2 heterocycles. The molecule has 0 aliphatic heterocycles. The van der Waals surface area contributed by atoms with E-state index >= 15 is 0 Å². The first-order valence-electron chi connectivity index (χ1n) is 9.36. The van der Waals surface area contributed by atoms with Crippen LogP contribution in [0.4, 0.5) is 0 Å². The Morgan fingerprint density at radius 3 is 2.55 bits per heavy atom. The van der Waals surface area contributed by atoms with E-state index in [0.29, 0.717) is 12.4 Å². The van der Waals surface area contributed by atoms with E-state index in [0.717, 1.165) is 48.4 Å². The molecule has 0 amide bonds. The summed E-state index contributed by atoms with van der Waals surface area (Å²) in [7, 11) is 0. The smallest absolute Gasteiger partial charge is 0.216 e. The second kappa shape index (κ2) is 12.6. The molecule has 0 aliphatic carbocycles. The first kappa shape index (κ1) is 23.3. The van der Waals surface area contributed by atoms with E-state index in [2.05, 4.69) is 44.9 Å². The van der Waals surface area contributed by atoms with Gasteiger partial charge in [0.25, 0.3) is 0 Å². The minimum atomic E-state index is 0. The van der Waals surface area contributed by atoms with Crippen molar-refractivity contribution in [2.45, 2.75) is 31.7 Å². The Morgan fingerprint density at radius 1 is 1.07 bits per heavy atom. The molecule has 0 fully saturated rings. The molecule has 1 aromatic carbocycles. The summed E-state index contributed by atoms with van der Waals surface area (Å²) in [6.45, 7) is 5.78. The van der Waals surface area contributed by atoms with Crippen LogP contribution in [0.15, 0.2) is 67.4 Å². The van der Waals surface area contributed by atoms with Crippen molar-refractivity contribution < 1.29 is 8.83 Å². The van der Waals surface area contributed by atoms with Gasteiger partial charge in [-0.05, 0) is 38.1 Å². The maximum Gasteiger partial charge on any atom is 0.216 e. The van der Waals surface area contributed by atoms with Crippen LogP contribution >= 0.6 is 35.7 Å². The molecular formula is C21H27IN4O2S. The second-order valence-electron chi connectivity index (χ2n) is 6.26. The van der Waals surface area contributed by atoms with Crippen molar-refractivity contribution in [2.24, 2.45) is 4.99 Å². The number of oxazole rings is 1. The summed E-state index contributed by atoms with van der Waals surface area (Å²) in [5.41, 5.74) is 0.907. The molecule has 0 unspecified atom stereocenters. The number of aryl methyl sites for hydroxylation is 2. The summed E-state index contributed by atoms with van der Waals surface area (Å²) in [6.07, 6.45) is 2.49. The van der Waals surface area contributed by atoms with Gasteiger partial charge < -0.3 is 19.5 Å². The lowest BCUT2D eigenvalue weighted by atomic mass is 10.3. The van der Waals surface area contributed by atoms with E-state index in [1.807, 2.05) is 43.8 Å². The molecule has 29 heavy (non-hydrogen) atoms. The molecule has 8 heteroatoms. The molecule has 0 spiro atoms. The fraction of sp³-hybridized carbons (Fsp3) is 0.333. The van der Waals surface area contributed by atoms with E-state index in [9.17, 15) is 0 Å². The number of nitrogens with one attached hydrogen (secondary N) is 2. The lowest BCUT2D eigenvalue weighted by Crippen LogP contribution is -2.39. The highest BCUT2D eigenvalue weighted by Crippen LogP contribution is 2.15. The summed E-state index contributed by atoms with van der Waals surface area (Å²) >= 11 is 1.81. The van der Waals surface area contributed by atoms with Crippen molar-refractivity contribution in [3.05, 3.63) is 71.8 Å². The third kappa shape index (κ3) is 8.14. The van der Waals surface area contributed by atoms with Gasteiger partial charge in [0.05, 0.1) is 12.0 Å². The Hall–Kier alpha value is -1.94. The highest BCUT2D eigenvalue weighted by molar-refractivity contribution is 14.0. The molecule has 2 N–H and O–H groups in total. The summed E-state index contributed by atoms with van der Waals surface area (Å²) in [6, 6.07) is 14.3. The van der Waals surface area contributed by atoms with Gasteiger partial charge in [-0.15, -0.1) is 35.7 Å². The lowest BCUT2D eigenvalue weighted by Gasteiger charge is -2.12. The molecular weight excluding hydrogens is 499 g/mol. The largest absolute Gasteiger partial charge is 0.469 e. The molecule has 0 atom stereocenters. The molecule has 3 rings (SSSR count). The lowest BCUT2D eigenvalue weighted by molar-refractivity contribution is 0.472. The summed E-state index contributed by atoms with van der Waals surface area (Å²) in [5.74, 6) is 4.10. The van der Waals surface area contributed by atoms with Gasteiger partial charge in [0, 0.05) is 30.2 Å². The Morgan fingerprint density at radius 2 is 1.86 bits per heavy atom. The van der Waals surface area contributed by atoms with Gasteiger partial charge in [0.2, 0.25) is 5.89 Å². The number of thioether (sulfide) groups is 1. The van der Waals surface area contributed by atoms with Gasteiger partial charge in [0.1, 0.15) is 18.1 Å². The zero-order chi connectivity index (χ0) is 19.6. The third-order valence-electron chi connectivity index (χ3n) is 4.10. The molecule has 0 saturated carbocycles. The van der Waals surface area contributed by atoms with Crippen molar-refractivity contribution >= 4 is 41.7 Å². The van der Waals surface area contributed by atoms with Crippen LogP contribution in [0, 0.1) is 13.8 Å². The Labute approximate surface area is 193 Å². The SMILES string of the molecule is Cc1nc(CN=C(NCCSc2ccccc2)NCCc2ccco2)oc1C.I. The molecule has 0 saturated heterocycles. The first-order chi connectivity index (χ1) is 13.7. The van der Waals surface area contributed by atoms with Gasteiger partial charge in [-0.25, -0.2) is 9.98 Å². The minimum Gasteiger partial charge on any atom is -0.469 e. The van der Waals surface area contributed by atoms with Crippen LogP contribution in [0.2, 0.25) is 0 Å². The molecule has 2 aromatic heterocycles. The maximum atomic E-state index is 5.62. The van der Waals surface area contributed by atoms with Crippen LogP contribution < -0.4 is 10.6 Å². The van der Waals surface area contributed by atoms with Gasteiger partial charge in [0.15, 0.2) is 5.96 Å². The predicted molar refractivity (Wildman–Crippen MR) is 128 cm³/mol. The van der Waals surface area contributed by atoms with Gasteiger partial charge in [-0.2, -0.15) is 0 Å². The van der Waals surface area contributed by atoms with E-state index in [1.165, 1.54) is 4.90 Å². The molecule has 3 aromatic rings. The van der Waals surface area contributed by atoms with E-state index in [4.69, 9.17) is 8.83 Å². The van der Waals surface area contributed by atoms with E-state index in [1.54, 1.807) is 6.26 Å². The monoisotopic (exact) mass is 526 g/mol. The number of guanidine groups is 1. The van der Waals surface area contributed by atoms with E-state index in [-0.39, 0.29) is 24.0 Å². The van der Waals surface area contributed by atoms with Crippen molar-refractivity contribution in [3.8, 4) is 0 Å². The highest BCUT2D eigenvalue weighted by Gasteiger charge is 2.06. The third-order valence-corrected chi connectivity index (χ3v) is 5.11. The number of rotatable bonds is 9. The maximum absolute atomic E-state index is 5.62. The van der Waals surface area contributed by atoms with Crippen molar-refractivity contribution in [1.82, 2.24) is 15.6 Å². The van der Waals surface area contributed by atoms with Gasteiger partial charge >= 0.3 is 0 Å². The average Bonchev–Trinajstić information content (AvgIpc) is 3.33. The first-order valence-corrected chi connectivity index (χ1v) is 10.3. The summed E-state index contributed by atoms with van der Waals surface area (Å²) in [5, 5.41) is 6.73. The predicted octanol–water partition coefficient (Wildman–Crippen LogP) is 4.57. The number of aromatic nitrogens is 1. The minimum absolute atomic E-state index is 0. The molecule has 156 valence electrons. The fourth-order valence-electron chi connectivity index (χ4n) is 2.54. The fourth-order valence-corrected chi connectivity index (χ4v) is 3.33. The van der Waals surface area contributed by atoms with Crippen LogP contribution in [-0.2, 0) is 13.0 Å². The molecule has 0 aliphatic rings. The number of aliphatic imine (C=N–C) groups is 1. The standard InChI is InChI=1S/C21H26N4O2S.HI/c1-16-17(2)27-20(25-16)15-24-21(22-11-10-18-7-6-13-26-18)23-12-14-28-19-8-4-3-5-9-19;/h3-9,13H,10-12,14-15H2,1-2H3,(H2,22,23,24);1H. The van der Waals surface area contributed by atoms with Gasteiger partial charge in [-0.1, -0.05) is 18.2 Å². The Bertz CT molecular complexity index is 847. The number of furan rings is 1. The topological polar surface area (TPSA) is 75.6 Å². The average molecular weight is 526 g/mol. The molecule has 0 bridgehead atoms. The number of nitrogens with zero attached hydrogens (tertiary/aromatic N) is 2. The van der Waals surface area contributed by atoms with Crippen LogP contribution in [0.25, 0.3) is 0 Å². The van der Waals surface area contributed by atoms with Crippen molar-refractivity contribution in [3.63, 3.8) is 0 Å². The number of hydrogen-bond acceptors (Lipinski definition) is 5. The second-order valence-corrected chi connectivity index (χ2v) is 7.43. The van der Waals surface area contributed by atoms with Crippen LogP contribution in [0.5, 0.6) is 0 Å². The summed E-state index contributed by atoms with van der Waals surface area (Å²) < 4.78 is 11.0. The number of halogens is 1. The highest BCUT2D eigenvalue weighted by atomic mass is 127. The van der Waals surface area contributed by atoms with Gasteiger partial charge in [-0.3, -0.25) is 0 Å². The van der Waals surface area contributed by atoms with Crippen molar-refractivity contribution in [2.75, 3.05) is 18.8 Å². The van der Waals surface area contributed by atoms with Crippen molar-refractivity contribution in [1.29, 1.82) is 0 Å². The normalized spacial score (nSPS) is 11.2. The summed E-state index contributed by atoms with van der Waals surface area (Å²) in [4.78, 5) is 10.3. The van der Waals surface area contributed by atoms with E-state index < -0.39 is 0 Å². The molecule has 6 nitrogen and oxygen atoms in total. The Kier molecular flexibility index (Phi) is 10.1. The zero-order valence-corrected chi connectivity index (χ0v) is 19.8. The quantitative estimate of drug-likeness (QED) is 0.140. The Balaban J connectivity index is 0.00000300. The number of benzene rings is 1. The van der Waals surface area contributed by atoms with Crippen LogP contribution in [0.1, 0.15) is 23.1 Å². The molecule has 0 radical (unpaired) electrons. The van der Waals surface area contributed by atoms with Crippen LogP contribution in [-0.4, -0.2) is 29.8 Å². The zero-order valence-electron chi connectivity index (χ0n) is 16.7. The van der Waals surface area contributed by atoms with Crippen LogP contribution in [0.3, 0.4) is 0 Å². The number of hydrogen-bond donors (Lipinski definition) is 2.